The van der Waals surface area contributed by atoms with Gasteiger partial charge in [0.15, 0.2) is 0 Å². The molecule has 17 heavy (non-hydrogen) atoms. The van der Waals surface area contributed by atoms with Crippen LogP contribution < -0.4 is 0 Å². The zero-order valence-electron chi connectivity index (χ0n) is 10.6. The molecular formula is C15H21NO. The SMILES string of the molecule is CCCC1CCCN(C(=O)c2ccccc2)C1. The Balaban J connectivity index is 2.00. The number of hydrogen-bond donors (Lipinski definition) is 0. The van der Waals surface area contributed by atoms with Gasteiger partial charge in [0.05, 0.1) is 0 Å². The van der Waals surface area contributed by atoms with Crippen LogP contribution in [0.25, 0.3) is 0 Å². The van der Waals surface area contributed by atoms with Crippen molar-refractivity contribution in [2.75, 3.05) is 13.1 Å². The molecule has 2 nitrogen and oxygen atoms in total. The molecular weight excluding hydrogens is 210 g/mol. The van der Waals surface area contributed by atoms with E-state index in [0.29, 0.717) is 5.92 Å². The minimum Gasteiger partial charge on any atom is -0.338 e. The van der Waals surface area contributed by atoms with Gasteiger partial charge < -0.3 is 4.90 Å². The molecule has 1 saturated heterocycles. The Morgan fingerprint density at radius 2 is 2.12 bits per heavy atom. The normalized spacial score (nSPS) is 20.3. The van der Waals surface area contributed by atoms with Crippen molar-refractivity contribution in [3.63, 3.8) is 0 Å². The van der Waals surface area contributed by atoms with Crippen molar-refractivity contribution in [1.82, 2.24) is 4.90 Å². The van der Waals surface area contributed by atoms with Crippen molar-refractivity contribution in [2.45, 2.75) is 32.6 Å². The molecule has 92 valence electrons. The molecule has 2 rings (SSSR count). The molecule has 1 heterocycles. The Labute approximate surface area is 104 Å². The molecule has 0 aliphatic carbocycles. The molecule has 1 unspecified atom stereocenters. The number of piperidine rings is 1. The monoisotopic (exact) mass is 231 g/mol. The van der Waals surface area contributed by atoms with Gasteiger partial charge in [0.2, 0.25) is 0 Å². The first-order valence-corrected chi connectivity index (χ1v) is 6.65. The Kier molecular flexibility index (Phi) is 4.18. The van der Waals surface area contributed by atoms with Gasteiger partial charge in [0.25, 0.3) is 5.91 Å². The van der Waals surface area contributed by atoms with Crippen molar-refractivity contribution in [1.29, 1.82) is 0 Å². The lowest BCUT2D eigenvalue weighted by Crippen LogP contribution is -2.39. The van der Waals surface area contributed by atoms with E-state index in [4.69, 9.17) is 0 Å². The number of carbonyl (C=O) groups excluding carboxylic acids is 1. The molecule has 0 saturated carbocycles. The summed E-state index contributed by atoms with van der Waals surface area (Å²) in [6.45, 7) is 4.09. The summed E-state index contributed by atoms with van der Waals surface area (Å²) in [5.41, 5.74) is 0.824. The third-order valence-corrected chi connectivity index (χ3v) is 3.52. The van der Waals surface area contributed by atoms with Gasteiger partial charge in [-0.05, 0) is 37.3 Å². The number of likely N-dealkylation sites (tertiary alicyclic amines) is 1. The largest absolute Gasteiger partial charge is 0.338 e. The van der Waals surface area contributed by atoms with Crippen LogP contribution in [0.4, 0.5) is 0 Å². The lowest BCUT2D eigenvalue weighted by molar-refractivity contribution is 0.0667. The maximum Gasteiger partial charge on any atom is 0.253 e. The topological polar surface area (TPSA) is 20.3 Å². The van der Waals surface area contributed by atoms with E-state index in [2.05, 4.69) is 6.92 Å². The Hall–Kier alpha value is -1.31. The first-order valence-electron chi connectivity index (χ1n) is 6.65. The molecule has 1 fully saturated rings. The van der Waals surface area contributed by atoms with Crippen LogP contribution in [0.3, 0.4) is 0 Å². The van der Waals surface area contributed by atoms with Gasteiger partial charge in [-0.25, -0.2) is 0 Å². The summed E-state index contributed by atoms with van der Waals surface area (Å²) in [6.07, 6.45) is 4.91. The Morgan fingerprint density at radius 3 is 2.82 bits per heavy atom. The van der Waals surface area contributed by atoms with E-state index in [-0.39, 0.29) is 5.91 Å². The number of amides is 1. The maximum atomic E-state index is 12.3. The van der Waals surface area contributed by atoms with Crippen molar-refractivity contribution in [3.8, 4) is 0 Å². The summed E-state index contributed by atoms with van der Waals surface area (Å²) < 4.78 is 0. The van der Waals surface area contributed by atoms with E-state index in [1.807, 2.05) is 35.2 Å². The zero-order chi connectivity index (χ0) is 12.1. The van der Waals surface area contributed by atoms with Gasteiger partial charge in [-0.3, -0.25) is 4.79 Å². The third-order valence-electron chi connectivity index (χ3n) is 3.52. The average molecular weight is 231 g/mol. The highest BCUT2D eigenvalue weighted by Gasteiger charge is 2.23. The fourth-order valence-electron chi connectivity index (χ4n) is 2.66. The van der Waals surface area contributed by atoms with E-state index < -0.39 is 0 Å². The van der Waals surface area contributed by atoms with E-state index in [1.165, 1.54) is 19.3 Å². The molecule has 2 heteroatoms. The molecule has 0 radical (unpaired) electrons. The number of benzene rings is 1. The lowest BCUT2D eigenvalue weighted by atomic mass is 9.93. The second kappa shape index (κ2) is 5.85. The predicted octanol–water partition coefficient (Wildman–Crippen LogP) is 3.34. The lowest BCUT2D eigenvalue weighted by Gasteiger charge is -2.32. The van der Waals surface area contributed by atoms with Crippen LogP contribution in [-0.4, -0.2) is 23.9 Å². The maximum absolute atomic E-state index is 12.3. The number of hydrogen-bond acceptors (Lipinski definition) is 1. The fourth-order valence-corrected chi connectivity index (χ4v) is 2.66. The summed E-state index contributed by atoms with van der Waals surface area (Å²) >= 11 is 0. The molecule has 0 N–H and O–H groups in total. The molecule has 1 amide bonds. The quantitative estimate of drug-likeness (QED) is 0.781. The molecule has 1 aromatic carbocycles. The van der Waals surface area contributed by atoms with E-state index in [0.717, 1.165) is 25.1 Å². The molecule has 0 spiro atoms. The van der Waals surface area contributed by atoms with Crippen molar-refractivity contribution in [3.05, 3.63) is 35.9 Å². The fraction of sp³-hybridized carbons (Fsp3) is 0.533. The molecule has 0 bridgehead atoms. The minimum absolute atomic E-state index is 0.200. The van der Waals surface area contributed by atoms with Gasteiger partial charge in [0.1, 0.15) is 0 Å². The molecule has 1 aliphatic heterocycles. The van der Waals surface area contributed by atoms with E-state index >= 15 is 0 Å². The smallest absolute Gasteiger partial charge is 0.253 e. The summed E-state index contributed by atoms with van der Waals surface area (Å²) in [5.74, 6) is 0.910. The van der Waals surface area contributed by atoms with Crippen molar-refractivity contribution < 1.29 is 4.79 Å². The molecule has 1 aromatic rings. The number of rotatable bonds is 3. The molecule has 0 aromatic heterocycles. The molecule has 1 atom stereocenters. The van der Waals surface area contributed by atoms with Crippen molar-refractivity contribution >= 4 is 5.91 Å². The van der Waals surface area contributed by atoms with Crippen LogP contribution in [0, 0.1) is 5.92 Å². The number of nitrogens with zero attached hydrogens (tertiary/aromatic N) is 1. The first kappa shape index (κ1) is 12.2. The second-order valence-electron chi connectivity index (χ2n) is 4.91. The standard InChI is InChI=1S/C15H21NO/c1-2-7-13-8-6-11-16(12-13)15(17)14-9-4-3-5-10-14/h3-5,9-10,13H,2,6-8,11-12H2,1H3. The van der Waals surface area contributed by atoms with Crippen LogP contribution in [0.2, 0.25) is 0 Å². The minimum atomic E-state index is 0.200. The van der Waals surface area contributed by atoms with Gasteiger partial charge in [-0.1, -0.05) is 31.5 Å². The van der Waals surface area contributed by atoms with Crippen LogP contribution in [0.1, 0.15) is 43.0 Å². The Bertz CT molecular complexity index is 358. The molecule has 1 aliphatic rings. The Morgan fingerprint density at radius 1 is 1.35 bits per heavy atom. The van der Waals surface area contributed by atoms with E-state index in [9.17, 15) is 4.79 Å². The van der Waals surface area contributed by atoms with Gasteiger partial charge >= 0.3 is 0 Å². The van der Waals surface area contributed by atoms with Gasteiger partial charge in [0, 0.05) is 18.7 Å². The number of carbonyl (C=O) groups is 1. The second-order valence-corrected chi connectivity index (χ2v) is 4.91. The summed E-state index contributed by atoms with van der Waals surface area (Å²) in [7, 11) is 0. The third kappa shape index (κ3) is 3.09. The highest BCUT2D eigenvalue weighted by molar-refractivity contribution is 5.94. The van der Waals surface area contributed by atoms with E-state index in [1.54, 1.807) is 0 Å². The van der Waals surface area contributed by atoms with Crippen LogP contribution in [-0.2, 0) is 0 Å². The van der Waals surface area contributed by atoms with Crippen LogP contribution in [0.5, 0.6) is 0 Å². The summed E-state index contributed by atoms with van der Waals surface area (Å²) in [5, 5.41) is 0. The van der Waals surface area contributed by atoms with Crippen LogP contribution >= 0.6 is 0 Å². The van der Waals surface area contributed by atoms with Crippen LogP contribution in [0.15, 0.2) is 30.3 Å². The first-order chi connectivity index (χ1) is 8.31. The average Bonchev–Trinajstić information content (AvgIpc) is 2.40. The highest BCUT2D eigenvalue weighted by atomic mass is 16.2. The summed E-state index contributed by atoms with van der Waals surface area (Å²) in [4.78, 5) is 14.3. The van der Waals surface area contributed by atoms with Crippen molar-refractivity contribution in [2.24, 2.45) is 5.92 Å². The predicted molar refractivity (Wildman–Crippen MR) is 70.0 cm³/mol. The van der Waals surface area contributed by atoms with Gasteiger partial charge in [-0.15, -0.1) is 0 Å². The summed E-state index contributed by atoms with van der Waals surface area (Å²) in [6, 6.07) is 9.63. The zero-order valence-corrected chi connectivity index (χ0v) is 10.6. The highest BCUT2D eigenvalue weighted by Crippen LogP contribution is 2.22. The van der Waals surface area contributed by atoms with Gasteiger partial charge in [-0.2, -0.15) is 0 Å².